The van der Waals surface area contributed by atoms with Gasteiger partial charge >= 0.3 is 0 Å². The zero-order valence-electron chi connectivity index (χ0n) is 13.1. The number of hydrogen-bond acceptors (Lipinski definition) is 2. The number of benzene rings is 1. The minimum atomic E-state index is 0.737. The van der Waals surface area contributed by atoms with E-state index >= 15 is 0 Å². The van der Waals surface area contributed by atoms with Crippen LogP contribution in [-0.4, -0.2) is 24.0 Å². The molecule has 0 aliphatic heterocycles. The second-order valence-electron chi connectivity index (χ2n) is 6.67. The molecule has 20 heavy (non-hydrogen) atoms. The first-order chi connectivity index (χ1) is 9.69. The molecule has 1 saturated carbocycles. The lowest BCUT2D eigenvalue weighted by Crippen LogP contribution is -2.41. The van der Waals surface area contributed by atoms with Crippen LogP contribution in [0.2, 0.25) is 0 Å². The fourth-order valence-electron chi connectivity index (χ4n) is 3.71. The van der Waals surface area contributed by atoms with Crippen molar-refractivity contribution in [2.75, 3.05) is 13.1 Å². The molecule has 0 amide bonds. The van der Waals surface area contributed by atoms with Crippen molar-refractivity contribution in [1.82, 2.24) is 4.90 Å². The molecule has 2 heteroatoms. The van der Waals surface area contributed by atoms with Crippen molar-refractivity contribution in [2.45, 2.75) is 52.1 Å². The number of rotatable bonds is 6. The Balaban J connectivity index is 2.02. The lowest BCUT2D eigenvalue weighted by molar-refractivity contribution is 0.102. The third-order valence-electron chi connectivity index (χ3n) is 4.55. The van der Waals surface area contributed by atoms with Crippen LogP contribution >= 0.6 is 0 Å². The predicted octanol–water partition coefficient (Wildman–Crippen LogP) is 3.66. The van der Waals surface area contributed by atoms with Gasteiger partial charge in [-0.15, -0.1) is 0 Å². The van der Waals surface area contributed by atoms with Crippen LogP contribution in [0.1, 0.15) is 45.1 Å². The van der Waals surface area contributed by atoms with Crippen LogP contribution in [0.3, 0.4) is 0 Å². The summed E-state index contributed by atoms with van der Waals surface area (Å²) >= 11 is 0. The average Bonchev–Trinajstić information content (AvgIpc) is 2.43. The van der Waals surface area contributed by atoms with E-state index < -0.39 is 0 Å². The highest BCUT2D eigenvalue weighted by molar-refractivity contribution is 5.14. The Morgan fingerprint density at radius 1 is 1.05 bits per heavy atom. The molecule has 1 aromatic carbocycles. The number of nitrogens with zero attached hydrogens (tertiary/aromatic N) is 1. The molecular weight excluding hydrogens is 244 g/mol. The maximum atomic E-state index is 5.73. The molecule has 1 aromatic rings. The first-order valence-electron chi connectivity index (χ1n) is 8.17. The standard InChI is InChI=1S/C18H30N2/c1-15-11-16(2)13-18(12-15)20(10-6-9-19)14-17-7-4-3-5-8-17/h3-5,7-8,15-16,18H,6,9-14,19H2,1-2H3. The summed E-state index contributed by atoms with van der Waals surface area (Å²) < 4.78 is 0. The van der Waals surface area contributed by atoms with E-state index in [1.165, 1.54) is 24.8 Å². The molecule has 1 fully saturated rings. The van der Waals surface area contributed by atoms with E-state index in [-0.39, 0.29) is 0 Å². The van der Waals surface area contributed by atoms with E-state index in [1.54, 1.807) is 0 Å². The van der Waals surface area contributed by atoms with Crippen molar-refractivity contribution >= 4 is 0 Å². The van der Waals surface area contributed by atoms with Gasteiger partial charge < -0.3 is 5.73 Å². The molecule has 0 heterocycles. The van der Waals surface area contributed by atoms with E-state index in [9.17, 15) is 0 Å². The van der Waals surface area contributed by atoms with Crippen molar-refractivity contribution < 1.29 is 0 Å². The van der Waals surface area contributed by atoms with Crippen LogP contribution in [0.15, 0.2) is 30.3 Å². The van der Waals surface area contributed by atoms with Crippen molar-refractivity contribution in [3.8, 4) is 0 Å². The summed E-state index contributed by atoms with van der Waals surface area (Å²) in [4.78, 5) is 2.67. The molecule has 2 nitrogen and oxygen atoms in total. The molecule has 0 bridgehead atoms. The smallest absolute Gasteiger partial charge is 0.0236 e. The summed E-state index contributed by atoms with van der Waals surface area (Å²) in [5, 5.41) is 0. The van der Waals surface area contributed by atoms with Gasteiger partial charge in [0.05, 0.1) is 0 Å². The second-order valence-corrected chi connectivity index (χ2v) is 6.67. The van der Waals surface area contributed by atoms with Crippen LogP contribution in [0, 0.1) is 11.8 Å². The lowest BCUT2D eigenvalue weighted by Gasteiger charge is -2.39. The number of hydrogen-bond donors (Lipinski definition) is 1. The van der Waals surface area contributed by atoms with E-state index in [1.807, 2.05) is 0 Å². The zero-order valence-corrected chi connectivity index (χ0v) is 13.1. The molecule has 0 spiro atoms. The van der Waals surface area contributed by atoms with Gasteiger partial charge in [0.15, 0.2) is 0 Å². The van der Waals surface area contributed by atoms with Crippen molar-refractivity contribution in [2.24, 2.45) is 17.6 Å². The van der Waals surface area contributed by atoms with Crippen LogP contribution in [-0.2, 0) is 6.54 Å². The van der Waals surface area contributed by atoms with Gasteiger partial charge in [0.2, 0.25) is 0 Å². The second kappa shape index (κ2) is 7.80. The van der Waals surface area contributed by atoms with Gasteiger partial charge in [0, 0.05) is 12.6 Å². The Kier molecular flexibility index (Phi) is 6.06. The molecule has 112 valence electrons. The zero-order chi connectivity index (χ0) is 14.4. The maximum absolute atomic E-state index is 5.73. The van der Waals surface area contributed by atoms with Gasteiger partial charge in [-0.25, -0.2) is 0 Å². The van der Waals surface area contributed by atoms with Gasteiger partial charge in [-0.05, 0) is 56.2 Å². The molecular formula is C18H30N2. The third-order valence-corrected chi connectivity index (χ3v) is 4.55. The van der Waals surface area contributed by atoms with Crippen molar-refractivity contribution in [3.05, 3.63) is 35.9 Å². The Morgan fingerprint density at radius 3 is 2.30 bits per heavy atom. The number of nitrogens with two attached hydrogens (primary N) is 1. The van der Waals surface area contributed by atoms with E-state index in [2.05, 4.69) is 49.1 Å². The van der Waals surface area contributed by atoms with Crippen LogP contribution in [0.4, 0.5) is 0 Å². The van der Waals surface area contributed by atoms with Crippen LogP contribution < -0.4 is 5.73 Å². The van der Waals surface area contributed by atoms with Crippen LogP contribution in [0.25, 0.3) is 0 Å². The predicted molar refractivity (Wildman–Crippen MR) is 86.5 cm³/mol. The van der Waals surface area contributed by atoms with E-state index in [0.29, 0.717) is 0 Å². The molecule has 2 rings (SSSR count). The lowest BCUT2D eigenvalue weighted by atomic mass is 9.79. The summed E-state index contributed by atoms with van der Waals surface area (Å²) in [5.41, 5.74) is 7.15. The van der Waals surface area contributed by atoms with Gasteiger partial charge in [-0.2, -0.15) is 0 Å². The Morgan fingerprint density at radius 2 is 1.70 bits per heavy atom. The van der Waals surface area contributed by atoms with E-state index in [0.717, 1.165) is 43.9 Å². The summed E-state index contributed by atoms with van der Waals surface area (Å²) in [6, 6.07) is 11.6. The van der Waals surface area contributed by atoms with Crippen molar-refractivity contribution in [3.63, 3.8) is 0 Å². The normalized spacial score (nSPS) is 26.9. The fourth-order valence-corrected chi connectivity index (χ4v) is 3.71. The largest absolute Gasteiger partial charge is 0.330 e. The van der Waals surface area contributed by atoms with Gasteiger partial charge in [-0.1, -0.05) is 44.2 Å². The molecule has 1 aliphatic rings. The van der Waals surface area contributed by atoms with Gasteiger partial charge in [-0.3, -0.25) is 4.90 Å². The molecule has 2 atom stereocenters. The first-order valence-corrected chi connectivity index (χ1v) is 8.17. The Labute approximate surface area is 124 Å². The van der Waals surface area contributed by atoms with Gasteiger partial charge in [0.1, 0.15) is 0 Å². The fraction of sp³-hybridized carbons (Fsp3) is 0.667. The summed E-state index contributed by atoms with van der Waals surface area (Å²) in [6.45, 7) is 7.82. The molecule has 0 saturated heterocycles. The van der Waals surface area contributed by atoms with Crippen molar-refractivity contribution in [1.29, 1.82) is 0 Å². The topological polar surface area (TPSA) is 29.3 Å². The van der Waals surface area contributed by atoms with Crippen LogP contribution in [0.5, 0.6) is 0 Å². The Bertz CT molecular complexity index is 366. The first kappa shape index (κ1) is 15.5. The highest BCUT2D eigenvalue weighted by Gasteiger charge is 2.28. The Hall–Kier alpha value is -0.860. The highest BCUT2D eigenvalue weighted by Crippen LogP contribution is 2.32. The molecule has 0 aromatic heterocycles. The molecule has 0 radical (unpaired) electrons. The van der Waals surface area contributed by atoms with E-state index in [4.69, 9.17) is 5.73 Å². The average molecular weight is 274 g/mol. The molecule has 1 aliphatic carbocycles. The molecule has 2 unspecified atom stereocenters. The third kappa shape index (κ3) is 4.60. The SMILES string of the molecule is CC1CC(C)CC(N(CCCN)Cc2ccccc2)C1. The highest BCUT2D eigenvalue weighted by atomic mass is 15.2. The minimum Gasteiger partial charge on any atom is -0.330 e. The summed E-state index contributed by atoms with van der Waals surface area (Å²) in [5.74, 6) is 1.72. The monoisotopic (exact) mass is 274 g/mol. The molecule has 2 N–H and O–H groups in total. The summed E-state index contributed by atoms with van der Waals surface area (Å²) in [7, 11) is 0. The summed E-state index contributed by atoms with van der Waals surface area (Å²) in [6.07, 6.45) is 5.20. The maximum Gasteiger partial charge on any atom is 0.0236 e. The van der Waals surface area contributed by atoms with Gasteiger partial charge in [0.25, 0.3) is 0 Å². The quantitative estimate of drug-likeness (QED) is 0.857. The minimum absolute atomic E-state index is 0.737.